The molecule has 1 rings (SSSR count). The molecule has 0 aliphatic rings. The molecule has 3 nitrogen and oxygen atoms in total. The van der Waals surface area contributed by atoms with Gasteiger partial charge in [-0.3, -0.25) is 0 Å². The lowest BCUT2D eigenvalue weighted by Gasteiger charge is -2.11. The van der Waals surface area contributed by atoms with Gasteiger partial charge in [-0.05, 0) is 24.1 Å². The zero-order chi connectivity index (χ0) is 11.5. The van der Waals surface area contributed by atoms with E-state index >= 15 is 0 Å². The van der Waals surface area contributed by atoms with Crippen LogP contribution in [-0.4, -0.2) is 14.7 Å². The lowest BCUT2D eigenvalue weighted by Crippen LogP contribution is -2.10. The first kappa shape index (κ1) is 15.4. The average Bonchev–Trinajstić information content (AvgIpc) is 2.17. The Hall–Kier alpha value is -0.580. The van der Waals surface area contributed by atoms with Crippen LogP contribution in [0.5, 0.6) is 0 Å². The molecule has 16 heavy (non-hydrogen) atoms. The second-order valence-corrected chi connectivity index (χ2v) is 5.76. The maximum absolute atomic E-state index is 11.3. The van der Waals surface area contributed by atoms with Crippen LogP contribution in [0.25, 0.3) is 0 Å². The number of rotatable bonds is 4. The van der Waals surface area contributed by atoms with E-state index in [1.165, 1.54) is 6.26 Å². The predicted molar refractivity (Wildman–Crippen MR) is 68.6 cm³/mol. The molecule has 0 aliphatic carbocycles. The molecule has 0 spiro atoms. The maximum atomic E-state index is 11.3. The van der Waals surface area contributed by atoms with E-state index in [4.69, 9.17) is 5.73 Å². The van der Waals surface area contributed by atoms with Crippen molar-refractivity contribution in [3.63, 3.8) is 0 Å². The van der Waals surface area contributed by atoms with Gasteiger partial charge in [-0.2, -0.15) is 0 Å². The zero-order valence-corrected chi connectivity index (χ0v) is 11.1. The molecule has 0 bridgehead atoms. The molecular formula is C11H18ClNO2S. The van der Waals surface area contributed by atoms with Crippen molar-refractivity contribution in [2.24, 2.45) is 5.73 Å². The first-order valence-electron chi connectivity index (χ1n) is 5.00. The van der Waals surface area contributed by atoms with Crippen LogP contribution in [0.1, 0.15) is 31.4 Å². The number of sulfone groups is 1. The Bertz CT molecular complexity index is 431. The van der Waals surface area contributed by atoms with Gasteiger partial charge >= 0.3 is 0 Å². The Morgan fingerprint density at radius 1 is 1.38 bits per heavy atom. The smallest absolute Gasteiger partial charge is 0.175 e. The molecule has 0 aromatic heterocycles. The molecular weight excluding hydrogens is 246 g/mol. The number of nitrogens with two attached hydrogens (primary N) is 1. The molecule has 0 saturated heterocycles. The number of benzene rings is 1. The van der Waals surface area contributed by atoms with E-state index in [0.29, 0.717) is 4.90 Å². The van der Waals surface area contributed by atoms with E-state index in [1.807, 2.05) is 6.07 Å². The van der Waals surface area contributed by atoms with Crippen molar-refractivity contribution < 1.29 is 8.42 Å². The lowest BCUT2D eigenvalue weighted by atomic mass is 10.0. The highest BCUT2D eigenvalue weighted by molar-refractivity contribution is 7.90. The molecule has 2 N–H and O–H groups in total. The molecule has 0 amide bonds. The summed E-state index contributed by atoms with van der Waals surface area (Å²) < 4.78 is 22.6. The molecule has 1 aromatic rings. The van der Waals surface area contributed by atoms with Crippen LogP contribution >= 0.6 is 12.4 Å². The highest BCUT2D eigenvalue weighted by Crippen LogP contribution is 2.19. The molecule has 1 aromatic carbocycles. The molecule has 5 heteroatoms. The highest BCUT2D eigenvalue weighted by atomic mass is 35.5. The third-order valence-corrected chi connectivity index (χ3v) is 3.42. The van der Waals surface area contributed by atoms with Crippen LogP contribution in [0.2, 0.25) is 0 Å². The topological polar surface area (TPSA) is 60.2 Å². The first-order valence-corrected chi connectivity index (χ1v) is 6.90. The van der Waals surface area contributed by atoms with Crippen molar-refractivity contribution in [1.29, 1.82) is 0 Å². The summed E-state index contributed by atoms with van der Waals surface area (Å²) in [5, 5.41) is 0. The van der Waals surface area contributed by atoms with Gasteiger partial charge in [-0.1, -0.05) is 25.5 Å². The van der Waals surface area contributed by atoms with Crippen LogP contribution in [0, 0.1) is 0 Å². The van der Waals surface area contributed by atoms with Crippen molar-refractivity contribution in [2.45, 2.75) is 30.7 Å². The van der Waals surface area contributed by atoms with E-state index in [-0.39, 0.29) is 18.4 Å². The zero-order valence-electron chi connectivity index (χ0n) is 9.51. The second kappa shape index (κ2) is 6.23. The molecule has 92 valence electrons. The Kier molecular flexibility index (Phi) is 6.00. The van der Waals surface area contributed by atoms with Gasteiger partial charge in [0.2, 0.25) is 0 Å². The summed E-state index contributed by atoms with van der Waals surface area (Å²) >= 11 is 0. The van der Waals surface area contributed by atoms with E-state index in [9.17, 15) is 8.42 Å². The van der Waals surface area contributed by atoms with Gasteiger partial charge in [-0.25, -0.2) is 8.42 Å². The molecule has 0 aliphatic heterocycles. The van der Waals surface area contributed by atoms with Gasteiger partial charge in [0.15, 0.2) is 9.84 Å². The standard InChI is InChI=1S/C11H17NO2S.ClH/c1-3-5-11(12)9-6-4-7-10(8-9)15(2,13)14;/h4,6-8,11H,3,5,12H2,1-2H3;1H. The molecule has 0 fully saturated rings. The number of halogens is 1. The van der Waals surface area contributed by atoms with E-state index < -0.39 is 9.84 Å². The summed E-state index contributed by atoms with van der Waals surface area (Å²) in [7, 11) is -3.13. The molecule has 1 unspecified atom stereocenters. The summed E-state index contributed by atoms with van der Waals surface area (Å²) in [5.41, 5.74) is 6.81. The van der Waals surface area contributed by atoms with Crippen LogP contribution in [-0.2, 0) is 9.84 Å². The minimum absolute atomic E-state index is 0. The van der Waals surface area contributed by atoms with Crippen molar-refractivity contribution >= 4 is 22.2 Å². The Morgan fingerprint density at radius 3 is 2.50 bits per heavy atom. The van der Waals surface area contributed by atoms with Crippen LogP contribution in [0.15, 0.2) is 29.2 Å². The summed E-state index contributed by atoms with van der Waals surface area (Å²) in [6.07, 6.45) is 3.06. The monoisotopic (exact) mass is 263 g/mol. The Morgan fingerprint density at radius 2 is 2.00 bits per heavy atom. The quantitative estimate of drug-likeness (QED) is 0.907. The molecule has 1 atom stereocenters. The van der Waals surface area contributed by atoms with Crippen LogP contribution in [0.3, 0.4) is 0 Å². The highest BCUT2D eigenvalue weighted by Gasteiger charge is 2.10. The third kappa shape index (κ3) is 4.12. The average molecular weight is 264 g/mol. The lowest BCUT2D eigenvalue weighted by molar-refractivity contribution is 0.600. The van der Waals surface area contributed by atoms with E-state index in [2.05, 4.69) is 6.92 Å². The minimum atomic E-state index is -3.13. The van der Waals surface area contributed by atoms with Crippen molar-refractivity contribution in [2.75, 3.05) is 6.26 Å². The van der Waals surface area contributed by atoms with E-state index in [0.717, 1.165) is 18.4 Å². The fourth-order valence-corrected chi connectivity index (χ4v) is 2.13. The summed E-state index contributed by atoms with van der Waals surface area (Å²) in [4.78, 5) is 0.339. The Balaban J connectivity index is 0.00000225. The minimum Gasteiger partial charge on any atom is -0.324 e. The van der Waals surface area contributed by atoms with Gasteiger partial charge < -0.3 is 5.73 Å². The largest absolute Gasteiger partial charge is 0.324 e. The van der Waals surface area contributed by atoms with Crippen molar-refractivity contribution in [1.82, 2.24) is 0 Å². The molecule has 0 saturated carbocycles. The van der Waals surface area contributed by atoms with Gasteiger partial charge in [0.25, 0.3) is 0 Å². The van der Waals surface area contributed by atoms with Crippen LogP contribution < -0.4 is 5.73 Å². The fourth-order valence-electron chi connectivity index (χ4n) is 1.45. The number of hydrogen-bond acceptors (Lipinski definition) is 3. The molecule has 0 radical (unpaired) electrons. The molecule has 0 heterocycles. The summed E-state index contributed by atoms with van der Waals surface area (Å²) in [6, 6.07) is 6.79. The second-order valence-electron chi connectivity index (χ2n) is 3.74. The summed E-state index contributed by atoms with van der Waals surface area (Å²) in [6.45, 7) is 2.06. The third-order valence-electron chi connectivity index (χ3n) is 2.31. The summed E-state index contributed by atoms with van der Waals surface area (Å²) in [5.74, 6) is 0. The van der Waals surface area contributed by atoms with E-state index in [1.54, 1.807) is 18.2 Å². The van der Waals surface area contributed by atoms with Gasteiger partial charge in [-0.15, -0.1) is 12.4 Å². The van der Waals surface area contributed by atoms with Gasteiger partial charge in [0, 0.05) is 12.3 Å². The normalized spacial score (nSPS) is 12.9. The van der Waals surface area contributed by atoms with Crippen LogP contribution in [0.4, 0.5) is 0 Å². The van der Waals surface area contributed by atoms with Gasteiger partial charge in [0.1, 0.15) is 0 Å². The number of hydrogen-bond donors (Lipinski definition) is 1. The van der Waals surface area contributed by atoms with Crippen molar-refractivity contribution in [3.05, 3.63) is 29.8 Å². The SMILES string of the molecule is CCCC(N)c1cccc(S(C)(=O)=O)c1.Cl. The van der Waals surface area contributed by atoms with Gasteiger partial charge in [0.05, 0.1) is 4.90 Å². The fraction of sp³-hybridized carbons (Fsp3) is 0.455. The van der Waals surface area contributed by atoms with Crippen molar-refractivity contribution in [3.8, 4) is 0 Å². The Labute approximate surface area is 103 Å². The predicted octanol–water partition coefficient (Wildman–Crippen LogP) is 2.31. The maximum Gasteiger partial charge on any atom is 0.175 e. The first-order chi connectivity index (χ1) is 6.95.